The number of ether oxygens (including phenoxy) is 1. The molecule has 1 spiro atoms. The van der Waals surface area contributed by atoms with Crippen molar-refractivity contribution in [3.63, 3.8) is 0 Å². The molecule has 1 saturated carbocycles. The maximum absolute atomic E-state index is 11.3. The Morgan fingerprint density at radius 1 is 1.35 bits per heavy atom. The predicted molar refractivity (Wildman–Crippen MR) is 86.2 cm³/mol. The van der Waals surface area contributed by atoms with Gasteiger partial charge in [0.2, 0.25) is 0 Å². The third kappa shape index (κ3) is 3.45. The summed E-state index contributed by atoms with van der Waals surface area (Å²) in [5.41, 5.74) is 0.716. The summed E-state index contributed by atoms with van der Waals surface area (Å²) >= 11 is 0. The normalized spacial score (nSPS) is 23.2. The monoisotopic (exact) mass is 315 g/mol. The van der Waals surface area contributed by atoms with Gasteiger partial charge in [0, 0.05) is 18.7 Å². The quantitative estimate of drug-likeness (QED) is 0.677. The second kappa shape index (κ2) is 6.55. The molecule has 1 heterocycles. The SMILES string of the molecule is N#Cc1ccc(NC2CCOC3(CCCCC3)C2)c([N+](=O)[O-])c1. The van der Waals surface area contributed by atoms with Crippen molar-refractivity contribution in [1.82, 2.24) is 0 Å². The Morgan fingerprint density at radius 2 is 2.13 bits per heavy atom. The number of rotatable bonds is 3. The summed E-state index contributed by atoms with van der Waals surface area (Å²) in [5.74, 6) is 0. The molecule has 2 aliphatic rings. The molecule has 1 aliphatic carbocycles. The maximum Gasteiger partial charge on any atom is 0.293 e. The Bertz CT molecular complexity index is 627. The van der Waals surface area contributed by atoms with Gasteiger partial charge in [0.1, 0.15) is 5.69 Å². The first-order valence-corrected chi connectivity index (χ1v) is 8.21. The molecule has 122 valence electrons. The highest BCUT2D eigenvalue weighted by Gasteiger charge is 2.38. The van der Waals surface area contributed by atoms with Crippen molar-refractivity contribution < 1.29 is 9.66 Å². The first-order valence-electron chi connectivity index (χ1n) is 8.21. The van der Waals surface area contributed by atoms with Gasteiger partial charge in [-0.15, -0.1) is 0 Å². The van der Waals surface area contributed by atoms with Gasteiger partial charge < -0.3 is 10.1 Å². The molecule has 1 atom stereocenters. The zero-order chi connectivity index (χ0) is 16.3. The molecule has 1 N–H and O–H groups in total. The Kier molecular flexibility index (Phi) is 4.49. The molecule has 2 fully saturated rings. The number of nitrogens with zero attached hydrogens (tertiary/aromatic N) is 2. The zero-order valence-corrected chi connectivity index (χ0v) is 13.1. The van der Waals surface area contributed by atoms with Crippen LogP contribution in [-0.2, 0) is 4.74 Å². The van der Waals surface area contributed by atoms with Gasteiger partial charge >= 0.3 is 0 Å². The van der Waals surface area contributed by atoms with Crippen molar-refractivity contribution in [2.24, 2.45) is 0 Å². The van der Waals surface area contributed by atoms with E-state index in [1.54, 1.807) is 12.1 Å². The fourth-order valence-electron chi connectivity index (χ4n) is 3.79. The molecule has 0 bridgehead atoms. The number of hydrogen-bond acceptors (Lipinski definition) is 5. The number of nitro benzene ring substituents is 1. The first-order chi connectivity index (χ1) is 11.1. The topological polar surface area (TPSA) is 88.2 Å². The van der Waals surface area contributed by atoms with Gasteiger partial charge in [-0.1, -0.05) is 19.3 Å². The lowest BCUT2D eigenvalue weighted by Crippen LogP contribution is -2.45. The van der Waals surface area contributed by atoms with E-state index in [-0.39, 0.29) is 17.3 Å². The van der Waals surface area contributed by atoms with Gasteiger partial charge in [-0.25, -0.2) is 0 Å². The molecule has 0 amide bonds. The molecule has 0 aromatic heterocycles. The summed E-state index contributed by atoms with van der Waals surface area (Å²) in [5, 5.41) is 23.5. The van der Waals surface area contributed by atoms with Gasteiger partial charge in [0.05, 0.1) is 22.2 Å². The zero-order valence-electron chi connectivity index (χ0n) is 13.1. The molecule has 3 rings (SSSR count). The van der Waals surface area contributed by atoms with Crippen LogP contribution < -0.4 is 5.32 Å². The summed E-state index contributed by atoms with van der Waals surface area (Å²) in [4.78, 5) is 10.8. The second-order valence-electron chi connectivity index (χ2n) is 6.53. The number of nitriles is 1. The molecule has 1 unspecified atom stereocenters. The number of nitro groups is 1. The van der Waals surface area contributed by atoms with Crippen LogP contribution in [0.1, 0.15) is 50.5 Å². The summed E-state index contributed by atoms with van der Waals surface area (Å²) < 4.78 is 6.07. The molecule has 1 saturated heterocycles. The van der Waals surface area contributed by atoms with Gasteiger partial charge in [0.15, 0.2) is 0 Å². The van der Waals surface area contributed by atoms with Crippen LogP contribution in [0, 0.1) is 21.4 Å². The molecule has 6 heteroatoms. The Balaban J connectivity index is 1.76. The van der Waals surface area contributed by atoms with Crippen LogP contribution in [0.15, 0.2) is 18.2 Å². The van der Waals surface area contributed by atoms with Crippen molar-refractivity contribution in [2.75, 3.05) is 11.9 Å². The van der Waals surface area contributed by atoms with Crippen LogP contribution in [0.25, 0.3) is 0 Å². The lowest BCUT2D eigenvalue weighted by atomic mass is 9.78. The summed E-state index contributed by atoms with van der Waals surface area (Å²) in [7, 11) is 0. The molecular weight excluding hydrogens is 294 g/mol. The van der Waals surface area contributed by atoms with Crippen LogP contribution in [-0.4, -0.2) is 23.2 Å². The van der Waals surface area contributed by atoms with Crippen molar-refractivity contribution in [3.8, 4) is 6.07 Å². The van der Waals surface area contributed by atoms with Crippen LogP contribution in [0.2, 0.25) is 0 Å². The molecular formula is C17H21N3O3. The highest BCUT2D eigenvalue weighted by atomic mass is 16.6. The first kappa shape index (κ1) is 15.8. The largest absolute Gasteiger partial charge is 0.377 e. The average Bonchev–Trinajstić information content (AvgIpc) is 2.56. The van der Waals surface area contributed by atoms with Crippen LogP contribution in [0.4, 0.5) is 11.4 Å². The summed E-state index contributed by atoms with van der Waals surface area (Å²) in [6.07, 6.45) is 7.57. The van der Waals surface area contributed by atoms with Gasteiger partial charge in [-0.2, -0.15) is 5.26 Å². The lowest BCUT2D eigenvalue weighted by molar-refractivity contribution is -0.384. The molecule has 1 aliphatic heterocycles. The summed E-state index contributed by atoms with van der Waals surface area (Å²) in [6, 6.07) is 6.71. The Hall–Kier alpha value is -2.13. The molecule has 23 heavy (non-hydrogen) atoms. The average molecular weight is 315 g/mol. The highest BCUT2D eigenvalue weighted by Crippen LogP contribution is 2.40. The van der Waals surface area contributed by atoms with Gasteiger partial charge in [0.25, 0.3) is 5.69 Å². The van der Waals surface area contributed by atoms with Crippen LogP contribution in [0.5, 0.6) is 0 Å². The minimum absolute atomic E-state index is 0.0340. The van der Waals surface area contributed by atoms with E-state index in [4.69, 9.17) is 10.00 Å². The minimum atomic E-state index is -0.432. The van der Waals surface area contributed by atoms with E-state index in [0.29, 0.717) is 17.9 Å². The van der Waals surface area contributed by atoms with Crippen molar-refractivity contribution in [2.45, 2.75) is 56.6 Å². The van der Waals surface area contributed by atoms with E-state index in [2.05, 4.69) is 5.32 Å². The predicted octanol–water partition coefficient (Wildman–Crippen LogP) is 3.76. The smallest absolute Gasteiger partial charge is 0.293 e. The van der Waals surface area contributed by atoms with Crippen molar-refractivity contribution >= 4 is 11.4 Å². The molecule has 1 aromatic carbocycles. The van der Waals surface area contributed by atoms with E-state index < -0.39 is 4.92 Å². The fourth-order valence-corrected chi connectivity index (χ4v) is 3.79. The number of hydrogen-bond donors (Lipinski definition) is 1. The highest BCUT2D eigenvalue weighted by molar-refractivity contribution is 5.64. The standard InChI is InChI=1S/C17H21N3O3/c18-12-13-4-5-15(16(10-13)20(21)22)19-14-6-9-23-17(11-14)7-2-1-3-8-17/h4-5,10,14,19H,1-3,6-9,11H2. The van der Waals surface area contributed by atoms with Gasteiger partial charge in [-0.05, 0) is 37.8 Å². The lowest BCUT2D eigenvalue weighted by Gasteiger charge is -2.43. The fraction of sp³-hybridized carbons (Fsp3) is 0.588. The number of benzene rings is 1. The third-order valence-corrected chi connectivity index (χ3v) is 4.94. The van der Waals surface area contributed by atoms with E-state index in [1.807, 2.05) is 6.07 Å². The molecule has 0 radical (unpaired) electrons. The Labute approximate surface area is 135 Å². The van der Waals surface area contributed by atoms with E-state index in [0.717, 1.165) is 25.7 Å². The minimum Gasteiger partial charge on any atom is -0.377 e. The Morgan fingerprint density at radius 3 is 2.83 bits per heavy atom. The second-order valence-corrected chi connectivity index (χ2v) is 6.53. The number of anilines is 1. The molecule has 6 nitrogen and oxygen atoms in total. The summed E-state index contributed by atoms with van der Waals surface area (Å²) in [6.45, 7) is 0.696. The van der Waals surface area contributed by atoms with Crippen molar-refractivity contribution in [1.29, 1.82) is 5.26 Å². The van der Waals surface area contributed by atoms with E-state index >= 15 is 0 Å². The third-order valence-electron chi connectivity index (χ3n) is 4.94. The van der Waals surface area contributed by atoms with Crippen LogP contribution in [0.3, 0.4) is 0 Å². The maximum atomic E-state index is 11.3. The van der Waals surface area contributed by atoms with E-state index in [9.17, 15) is 10.1 Å². The van der Waals surface area contributed by atoms with Crippen LogP contribution >= 0.6 is 0 Å². The van der Waals surface area contributed by atoms with E-state index in [1.165, 1.54) is 25.3 Å². The number of nitrogens with one attached hydrogen (secondary N) is 1. The van der Waals surface area contributed by atoms with Gasteiger partial charge in [-0.3, -0.25) is 10.1 Å². The van der Waals surface area contributed by atoms with Crippen molar-refractivity contribution in [3.05, 3.63) is 33.9 Å². The molecule has 1 aromatic rings.